The summed E-state index contributed by atoms with van der Waals surface area (Å²) in [6.07, 6.45) is -4.69. The van der Waals surface area contributed by atoms with Crippen LogP contribution >= 0.6 is 31.9 Å². The van der Waals surface area contributed by atoms with Gasteiger partial charge in [-0.25, -0.2) is 4.39 Å². The van der Waals surface area contributed by atoms with Crippen molar-refractivity contribution in [3.63, 3.8) is 0 Å². The highest BCUT2D eigenvalue weighted by Gasteiger charge is 2.37. The molecule has 0 aromatic heterocycles. The summed E-state index contributed by atoms with van der Waals surface area (Å²) < 4.78 is 49.2. The van der Waals surface area contributed by atoms with Gasteiger partial charge in [0.15, 0.2) is 0 Å². The highest BCUT2D eigenvalue weighted by molar-refractivity contribution is 9.13. The molecule has 0 aliphatic rings. The number of benzene rings is 1. The number of hydrogen-bond acceptors (Lipinski definition) is 0. The van der Waals surface area contributed by atoms with Crippen molar-refractivity contribution in [3.05, 3.63) is 32.5 Å². The fourth-order valence-electron chi connectivity index (χ4n) is 0.787. The number of rotatable bonds is 0. The zero-order valence-corrected chi connectivity index (χ0v) is 9.09. The van der Waals surface area contributed by atoms with Crippen molar-refractivity contribution in [1.82, 2.24) is 0 Å². The summed E-state index contributed by atoms with van der Waals surface area (Å²) in [5.41, 5.74) is -1.29. The zero-order chi connectivity index (χ0) is 10.2. The van der Waals surface area contributed by atoms with E-state index in [1.54, 1.807) is 0 Å². The summed E-state index contributed by atoms with van der Waals surface area (Å²) in [5.74, 6) is -1.29. The number of alkyl halides is 3. The molecule has 0 aliphatic carbocycles. The van der Waals surface area contributed by atoms with Crippen molar-refractivity contribution in [2.24, 2.45) is 0 Å². The van der Waals surface area contributed by atoms with Crippen LogP contribution in [0.3, 0.4) is 0 Å². The molecule has 1 rings (SSSR count). The standard InChI is InChI=1S/C7H2Br2F4/c8-3-1-2-4(10)5(6(3)9)7(11,12)13/h1-2H. The first-order chi connectivity index (χ1) is 5.84. The minimum Gasteiger partial charge on any atom is -0.206 e. The molecule has 0 saturated heterocycles. The Bertz CT molecular complexity index is 332. The van der Waals surface area contributed by atoms with Crippen molar-refractivity contribution in [3.8, 4) is 0 Å². The van der Waals surface area contributed by atoms with Gasteiger partial charge in [0.2, 0.25) is 0 Å². The third-order valence-electron chi connectivity index (χ3n) is 1.33. The van der Waals surface area contributed by atoms with E-state index in [1.807, 2.05) is 0 Å². The van der Waals surface area contributed by atoms with Crippen LogP contribution in [0.15, 0.2) is 21.1 Å². The zero-order valence-electron chi connectivity index (χ0n) is 5.92. The van der Waals surface area contributed by atoms with E-state index in [-0.39, 0.29) is 8.95 Å². The van der Waals surface area contributed by atoms with E-state index in [2.05, 4.69) is 31.9 Å². The normalized spacial score (nSPS) is 11.8. The molecule has 1 aromatic rings. The Morgan fingerprint density at radius 2 is 1.62 bits per heavy atom. The molecule has 0 spiro atoms. The van der Waals surface area contributed by atoms with Crippen LogP contribution in [0.4, 0.5) is 17.6 Å². The molecule has 0 fully saturated rings. The van der Waals surface area contributed by atoms with Crippen molar-refractivity contribution >= 4 is 31.9 Å². The maximum absolute atomic E-state index is 12.8. The van der Waals surface area contributed by atoms with E-state index in [4.69, 9.17) is 0 Å². The predicted molar refractivity (Wildman–Crippen MR) is 46.8 cm³/mol. The molecule has 13 heavy (non-hydrogen) atoms. The average molecular weight is 322 g/mol. The smallest absolute Gasteiger partial charge is 0.206 e. The molecule has 0 radical (unpaired) electrons. The Labute approximate surface area is 88.2 Å². The van der Waals surface area contributed by atoms with Gasteiger partial charge in [-0.3, -0.25) is 0 Å². The van der Waals surface area contributed by atoms with E-state index < -0.39 is 17.6 Å². The first-order valence-corrected chi connectivity index (χ1v) is 4.63. The molecule has 1 aromatic carbocycles. The Kier molecular flexibility index (Phi) is 3.01. The third-order valence-corrected chi connectivity index (χ3v) is 3.34. The first-order valence-electron chi connectivity index (χ1n) is 3.04. The summed E-state index contributed by atoms with van der Waals surface area (Å²) in [4.78, 5) is 0. The second-order valence-electron chi connectivity index (χ2n) is 2.22. The van der Waals surface area contributed by atoms with Crippen molar-refractivity contribution < 1.29 is 17.6 Å². The monoisotopic (exact) mass is 320 g/mol. The van der Waals surface area contributed by atoms with Crippen LogP contribution in [0.2, 0.25) is 0 Å². The maximum atomic E-state index is 12.8. The van der Waals surface area contributed by atoms with E-state index in [1.165, 1.54) is 6.07 Å². The molecule has 0 heterocycles. The lowest BCUT2D eigenvalue weighted by Gasteiger charge is -2.10. The van der Waals surface area contributed by atoms with Gasteiger partial charge in [-0.15, -0.1) is 0 Å². The van der Waals surface area contributed by atoms with Gasteiger partial charge >= 0.3 is 6.18 Å². The van der Waals surface area contributed by atoms with Crippen LogP contribution in [0.5, 0.6) is 0 Å². The molecule has 6 heteroatoms. The molecule has 0 amide bonds. The van der Waals surface area contributed by atoms with Crippen molar-refractivity contribution in [2.45, 2.75) is 6.18 Å². The van der Waals surface area contributed by atoms with Crippen molar-refractivity contribution in [2.75, 3.05) is 0 Å². The van der Waals surface area contributed by atoms with Crippen LogP contribution in [-0.2, 0) is 6.18 Å². The topological polar surface area (TPSA) is 0 Å². The van der Waals surface area contributed by atoms with Crippen molar-refractivity contribution in [1.29, 1.82) is 0 Å². The van der Waals surface area contributed by atoms with Crippen LogP contribution in [-0.4, -0.2) is 0 Å². The van der Waals surface area contributed by atoms with Crippen LogP contribution in [0.1, 0.15) is 5.56 Å². The number of halogens is 6. The molecule has 0 bridgehead atoms. The molecule has 0 saturated carbocycles. The Morgan fingerprint density at radius 3 is 2.00 bits per heavy atom. The summed E-state index contributed by atoms with van der Waals surface area (Å²) >= 11 is 5.52. The fraction of sp³-hybridized carbons (Fsp3) is 0.143. The van der Waals surface area contributed by atoms with Gasteiger partial charge in [0.25, 0.3) is 0 Å². The molecule has 0 aliphatic heterocycles. The van der Waals surface area contributed by atoms with E-state index in [0.717, 1.165) is 6.07 Å². The lowest BCUT2D eigenvalue weighted by atomic mass is 10.2. The minimum absolute atomic E-state index is 0.168. The quantitative estimate of drug-likeness (QED) is 0.491. The summed E-state index contributed by atoms with van der Waals surface area (Å²) in [6, 6.07) is 1.96. The summed E-state index contributed by atoms with van der Waals surface area (Å²) in [5, 5.41) is 0. The highest BCUT2D eigenvalue weighted by Crippen LogP contribution is 2.39. The largest absolute Gasteiger partial charge is 0.420 e. The lowest BCUT2D eigenvalue weighted by Crippen LogP contribution is -2.09. The minimum atomic E-state index is -4.69. The van der Waals surface area contributed by atoms with E-state index >= 15 is 0 Å². The van der Waals surface area contributed by atoms with Gasteiger partial charge in [0, 0.05) is 8.95 Å². The third kappa shape index (κ3) is 2.22. The number of hydrogen-bond donors (Lipinski definition) is 0. The summed E-state index contributed by atoms with van der Waals surface area (Å²) in [7, 11) is 0. The second kappa shape index (κ2) is 3.57. The molecular weight excluding hydrogens is 320 g/mol. The maximum Gasteiger partial charge on any atom is 0.420 e. The van der Waals surface area contributed by atoms with E-state index in [9.17, 15) is 17.6 Å². The first kappa shape index (κ1) is 11.0. The predicted octanol–water partition coefficient (Wildman–Crippen LogP) is 4.37. The second-order valence-corrected chi connectivity index (χ2v) is 3.86. The Morgan fingerprint density at radius 1 is 1.08 bits per heavy atom. The molecule has 0 unspecified atom stereocenters. The van der Waals surface area contributed by atoms with Gasteiger partial charge < -0.3 is 0 Å². The molecule has 0 atom stereocenters. The fourth-order valence-corrected chi connectivity index (χ4v) is 1.66. The SMILES string of the molecule is Fc1ccc(Br)c(Br)c1C(F)(F)F. The van der Waals surface area contributed by atoms with Gasteiger partial charge in [-0.1, -0.05) is 0 Å². The Hall–Kier alpha value is -0.100. The van der Waals surface area contributed by atoms with Gasteiger partial charge in [0.05, 0.1) is 0 Å². The average Bonchev–Trinajstić information content (AvgIpc) is 1.95. The molecule has 72 valence electrons. The highest BCUT2D eigenvalue weighted by atomic mass is 79.9. The van der Waals surface area contributed by atoms with Crippen LogP contribution in [0, 0.1) is 5.82 Å². The molecule has 0 N–H and O–H groups in total. The van der Waals surface area contributed by atoms with Gasteiger partial charge in [0.1, 0.15) is 11.4 Å². The Balaban J connectivity index is 3.43. The lowest BCUT2D eigenvalue weighted by molar-refractivity contribution is -0.140. The van der Waals surface area contributed by atoms with Crippen LogP contribution < -0.4 is 0 Å². The van der Waals surface area contributed by atoms with Crippen LogP contribution in [0.25, 0.3) is 0 Å². The van der Waals surface area contributed by atoms with Gasteiger partial charge in [-0.05, 0) is 44.0 Å². The molecule has 0 nitrogen and oxygen atoms in total. The van der Waals surface area contributed by atoms with Gasteiger partial charge in [-0.2, -0.15) is 13.2 Å². The molecular formula is C7H2Br2F4. The van der Waals surface area contributed by atoms with E-state index in [0.29, 0.717) is 0 Å². The summed E-state index contributed by atoms with van der Waals surface area (Å²) in [6.45, 7) is 0.